The van der Waals surface area contributed by atoms with Crippen molar-refractivity contribution in [3.8, 4) is 18.1 Å². The van der Waals surface area contributed by atoms with E-state index in [1.807, 2.05) is 24.3 Å². The van der Waals surface area contributed by atoms with E-state index in [9.17, 15) is 4.79 Å². The normalized spacial score (nSPS) is 11.4. The van der Waals surface area contributed by atoms with E-state index >= 15 is 0 Å². The monoisotopic (exact) mass is 274 g/mol. The molecule has 4 nitrogen and oxygen atoms in total. The molecule has 0 saturated carbocycles. The average molecular weight is 274 g/mol. The molecule has 20 heavy (non-hydrogen) atoms. The van der Waals surface area contributed by atoms with Crippen LogP contribution in [0.2, 0.25) is 0 Å². The van der Waals surface area contributed by atoms with E-state index in [2.05, 4.69) is 30.4 Å². The topological polar surface area (TPSA) is 50.4 Å². The minimum atomic E-state index is -0.217. The van der Waals surface area contributed by atoms with Gasteiger partial charge < -0.3 is 15.4 Å². The van der Waals surface area contributed by atoms with E-state index in [1.165, 1.54) is 0 Å². The van der Waals surface area contributed by atoms with Gasteiger partial charge in [0, 0.05) is 6.04 Å². The maximum Gasteiger partial charge on any atom is 0.258 e. The van der Waals surface area contributed by atoms with Crippen molar-refractivity contribution in [2.45, 2.75) is 26.3 Å². The van der Waals surface area contributed by atoms with Crippen molar-refractivity contribution in [2.24, 2.45) is 0 Å². The molecule has 1 atom stereocenters. The number of terminal acetylenes is 1. The Balaban J connectivity index is 2.51. The Morgan fingerprint density at radius 3 is 3.00 bits per heavy atom. The molecular weight excluding hydrogens is 252 g/mol. The Labute approximate surface area is 120 Å². The standard InChI is InChI=1S/C16H22N2O2/c1-4-9-17-13(3)14-7-6-8-15(11-14)20-12-16(19)18-10-5-2/h2,6-8,11,13,17H,4,9-10,12H2,1,3H3,(H,18,19). The molecule has 1 aromatic carbocycles. The van der Waals surface area contributed by atoms with Crippen LogP contribution in [0.25, 0.3) is 0 Å². The van der Waals surface area contributed by atoms with Gasteiger partial charge in [0.05, 0.1) is 6.54 Å². The highest BCUT2D eigenvalue weighted by atomic mass is 16.5. The number of rotatable bonds is 8. The number of hydrogen-bond acceptors (Lipinski definition) is 3. The van der Waals surface area contributed by atoms with Crippen LogP contribution in [0.15, 0.2) is 24.3 Å². The molecule has 0 spiro atoms. The molecule has 1 unspecified atom stereocenters. The fraction of sp³-hybridized carbons (Fsp3) is 0.438. The van der Waals surface area contributed by atoms with Crippen LogP contribution in [0.3, 0.4) is 0 Å². The van der Waals surface area contributed by atoms with Gasteiger partial charge in [0.15, 0.2) is 6.61 Å². The first kappa shape index (κ1) is 16.1. The first-order valence-corrected chi connectivity index (χ1v) is 6.83. The molecule has 1 rings (SSSR count). The lowest BCUT2D eigenvalue weighted by Crippen LogP contribution is -2.29. The SMILES string of the molecule is C#CCNC(=O)COc1cccc(C(C)NCCC)c1. The quantitative estimate of drug-likeness (QED) is 0.712. The Morgan fingerprint density at radius 2 is 2.30 bits per heavy atom. The first-order chi connectivity index (χ1) is 9.67. The summed E-state index contributed by atoms with van der Waals surface area (Å²) in [5.41, 5.74) is 1.14. The third-order valence-electron chi connectivity index (χ3n) is 2.82. The molecule has 0 aromatic heterocycles. The molecule has 0 aliphatic rings. The average Bonchev–Trinajstić information content (AvgIpc) is 2.48. The van der Waals surface area contributed by atoms with E-state index in [4.69, 9.17) is 11.2 Å². The van der Waals surface area contributed by atoms with Crippen molar-refractivity contribution < 1.29 is 9.53 Å². The van der Waals surface area contributed by atoms with Crippen LogP contribution in [0, 0.1) is 12.3 Å². The third-order valence-corrected chi connectivity index (χ3v) is 2.82. The van der Waals surface area contributed by atoms with Crippen molar-refractivity contribution in [3.05, 3.63) is 29.8 Å². The zero-order valence-electron chi connectivity index (χ0n) is 12.1. The summed E-state index contributed by atoms with van der Waals surface area (Å²) in [7, 11) is 0. The van der Waals surface area contributed by atoms with Gasteiger partial charge in [-0.25, -0.2) is 0 Å². The molecule has 0 aliphatic carbocycles. The molecule has 1 aromatic rings. The number of hydrogen-bond donors (Lipinski definition) is 2. The van der Waals surface area contributed by atoms with Gasteiger partial charge in [0.1, 0.15) is 5.75 Å². The van der Waals surface area contributed by atoms with Gasteiger partial charge >= 0.3 is 0 Å². The Bertz CT molecular complexity index is 466. The molecule has 0 radical (unpaired) electrons. The largest absolute Gasteiger partial charge is 0.484 e. The molecular formula is C16H22N2O2. The van der Waals surface area contributed by atoms with Crippen LogP contribution in [0.5, 0.6) is 5.75 Å². The van der Waals surface area contributed by atoms with Crippen LogP contribution >= 0.6 is 0 Å². The zero-order valence-corrected chi connectivity index (χ0v) is 12.1. The fourth-order valence-electron chi connectivity index (χ4n) is 1.70. The Kier molecular flexibility index (Phi) is 7.23. The highest BCUT2D eigenvalue weighted by molar-refractivity contribution is 5.77. The number of nitrogens with one attached hydrogen (secondary N) is 2. The first-order valence-electron chi connectivity index (χ1n) is 6.83. The molecule has 0 aliphatic heterocycles. The van der Waals surface area contributed by atoms with E-state index < -0.39 is 0 Å². The number of carbonyl (C=O) groups excluding carboxylic acids is 1. The fourth-order valence-corrected chi connectivity index (χ4v) is 1.70. The smallest absolute Gasteiger partial charge is 0.258 e. The van der Waals surface area contributed by atoms with Gasteiger partial charge in [-0.05, 0) is 37.6 Å². The van der Waals surface area contributed by atoms with Crippen LogP contribution < -0.4 is 15.4 Å². The number of amides is 1. The second-order valence-corrected chi connectivity index (χ2v) is 4.52. The van der Waals surface area contributed by atoms with Gasteiger partial charge in [-0.3, -0.25) is 4.79 Å². The maximum atomic E-state index is 11.4. The lowest BCUT2D eigenvalue weighted by Gasteiger charge is -2.15. The Hall–Kier alpha value is -1.99. The van der Waals surface area contributed by atoms with Gasteiger partial charge in [0.25, 0.3) is 5.91 Å². The summed E-state index contributed by atoms with van der Waals surface area (Å²) in [5, 5.41) is 5.97. The van der Waals surface area contributed by atoms with E-state index in [0.29, 0.717) is 5.75 Å². The Morgan fingerprint density at radius 1 is 1.50 bits per heavy atom. The van der Waals surface area contributed by atoms with Crippen molar-refractivity contribution in [1.29, 1.82) is 0 Å². The summed E-state index contributed by atoms with van der Waals surface area (Å²) in [6, 6.07) is 8.01. The summed E-state index contributed by atoms with van der Waals surface area (Å²) >= 11 is 0. The highest BCUT2D eigenvalue weighted by Crippen LogP contribution is 2.19. The molecule has 108 valence electrons. The van der Waals surface area contributed by atoms with Crippen LogP contribution in [-0.2, 0) is 4.79 Å². The van der Waals surface area contributed by atoms with E-state index in [0.717, 1.165) is 18.5 Å². The van der Waals surface area contributed by atoms with Crippen LogP contribution in [0.1, 0.15) is 31.9 Å². The van der Waals surface area contributed by atoms with Crippen molar-refractivity contribution >= 4 is 5.91 Å². The number of carbonyl (C=O) groups is 1. The maximum absolute atomic E-state index is 11.4. The second kappa shape index (κ2) is 9.00. The summed E-state index contributed by atoms with van der Waals surface area (Å²) in [6.07, 6.45) is 6.16. The van der Waals surface area contributed by atoms with E-state index in [1.54, 1.807) is 0 Å². The summed E-state index contributed by atoms with van der Waals surface area (Å²) in [4.78, 5) is 11.4. The molecule has 0 bridgehead atoms. The van der Waals surface area contributed by atoms with Crippen LogP contribution in [-0.4, -0.2) is 25.6 Å². The predicted molar refractivity (Wildman–Crippen MR) is 80.5 cm³/mol. The van der Waals surface area contributed by atoms with Crippen molar-refractivity contribution in [2.75, 3.05) is 19.7 Å². The number of ether oxygens (including phenoxy) is 1. The molecule has 4 heteroatoms. The summed E-state index contributed by atoms with van der Waals surface area (Å²) < 4.78 is 5.45. The van der Waals surface area contributed by atoms with Gasteiger partial charge in [-0.1, -0.05) is 25.0 Å². The van der Waals surface area contributed by atoms with Gasteiger partial charge in [-0.2, -0.15) is 0 Å². The minimum Gasteiger partial charge on any atom is -0.484 e. The lowest BCUT2D eigenvalue weighted by molar-refractivity contribution is -0.122. The summed E-state index contributed by atoms with van der Waals surface area (Å²) in [6.45, 7) is 5.41. The number of benzene rings is 1. The summed E-state index contributed by atoms with van der Waals surface area (Å²) in [5.74, 6) is 2.81. The minimum absolute atomic E-state index is 0.0259. The van der Waals surface area contributed by atoms with Crippen molar-refractivity contribution in [3.63, 3.8) is 0 Å². The third kappa shape index (κ3) is 5.77. The van der Waals surface area contributed by atoms with E-state index in [-0.39, 0.29) is 25.1 Å². The highest BCUT2D eigenvalue weighted by Gasteiger charge is 2.06. The molecule has 2 N–H and O–H groups in total. The molecule has 0 saturated heterocycles. The molecule has 0 heterocycles. The van der Waals surface area contributed by atoms with Crippen LogP contribution in [0.4, 0.5) is 0 Å². The van der Waals surface area contributed by atoms with Gasteiger partial charge in [-0.15, -0.1) is 6.42 Å². The van der Waals surface area contributed by atoms with Gasteiger partial charge in [0.2, 0.25) is 0 Å². The second-order valence-electron chi connectivity index (χ2n) is 4.52. The molecule has 1 amide bonds. The van der Waals surface area contributed by atoms with Crippen molar-refractivity contribution in [1.82, 2.24) is 10.6 Å². The predicted octanol–water partition coefficient (Wildman–Crippen LogP) is 1.88. The lowest BCUT2D eigenvalue weighted by atomic mass is 10.1. The molecule has 0 fully saturated rings. The zero-order chi connectivity index (χ0) is 14.8.